The molecule has 0 bridgehead atoms. The lowest BCUT2D eigenvalue weighted by atomic mass is 10.1. The Balaban J connectivity index is 2.55. The number of rotatable bonds is 1. The van der Waals surface area contributed by atoms with E-state index in [0.717, 1.165) is 19.5 Å². The van der Waals surface area contributed by atoms with Crippen molar-refractivity contribution < 1.29 is 8.42 Å². The molecule has 80 valence electrons. The third kappa shape index (κ3) is 3.87. The van der Waals surface area contributed by atoms with Crippen LogP contribution in [0.15, 0.2) is 0 Å². The molecule has 0 aromatic carbocycles. The van der Waals surface area contributed by atoms with Crippen LogP contribution < -0.4 is 0 Å². The van der Waals surface area contributed by atoms with Crippen molar-refractivity contribution in [2.45, 2.75) is 26.3 Å². The average molecular weight is 236 g/mol. The Morgan fingerprint density at radius 1 is 1.50 bits per heavy atom. The van der Waals surface area contributed by atoms with Crippen LogP contribution >= 0.6 is 10.7 Å². The Bertz CT molecular complexity index is 353. The highest BCUT2D eigenvalue weighted by Gasteiger charge is 2.22. The molecule has 1 aliphatic heterocycles. The Kier molecular flexibility index (Phi) is 3.82. The quantitative estimate of drug-likeness (QED) is 0.507. The molecule has 0 aromatic heterocycles. The molecular formula is C9H14ClNO2S. The molecule has 1 atom stereocenters. The largest absolute Gasteiger partial charge is 0.300 e. The fraction of sp³-hybridized carbons (Fsp3) is 0.778. The summed E-state index contributed by atoms with van der Waals surface area (Å²) in [7, 11) is 1.34. The molecule has 14 heavy (non-hydrogen) atoms. The molecular weight excluding hydrogens is 222 g/mol. The van der Waals surface area contributed by atoms with Gasteiger partial charge in [-0.1, -0.05) is 5.92 Å². The van der Waals surface area contributed by atoms with E-state index < -0.39 is 9.05 Å². The molecule has 1 heterocycles. The molecule has 0 radical (unpaired) electrons. The first-order chi connectivity index (χ1) is 6.38. The molecule has 0 saturated carbocycles. The summed E-state index contributed by atoms with van der Waals surface area (Å²) in [6, 6.07) is 0.495. The van der Waals surface area contributed by atoms with Gasteiger partial charge in [-0.05, 0) is 26.8 Å². The molecule has 1 saturated heterocycles. The van der Waals surface area contributed by atoms with Crippen molar-refractivity contribution in [3.63, 3.8) is 0 Å². The summed E-state index contributed by atoms with van der Waals surface area (Å²) in [4.78, 5) is 2.28. The highest BCUT2D eigenvalue weighted by molar-refractivity contribution is 8.17. The Hall–Kier alpha value is -0.240. The van der Waals surface area contributed by atoms with Crippen molar-refractivity contribution in [1.29, 1.82) is 0 Å². The van der Waals surface area contributed by atoms with Gasteiger partial charge in [0.25, 0.3) is 0 Å². The van der Waals surface area contributed by atoms with Crippen molar-refractivity contribution in [3.8, 4) is 11.2 Å². The van der Waals surface area contributed by atoms with Gasteiger partial charge < -0.3 is 0 Å². The molecule has 1 fully saturated rings. The van der Waals surface area contributed by atoms with E-state index in [1.807, 2.05) is 0 Å². The molecule has 5 heteroatoms. The van der Waals surface area contributed by atoms with Crippen LogP contribution in [0.3, 0.4) is 0 Å². The molecule has 1 unspecified atom stereocenters. The minimum Gasteiger partial charge on any atom is -0.300 e. The first-order valence-electron chi connectivity index (χ1n) is 4.59. The van der Waals surface area contributed by atoms with E-state index in [4.69, 9.17) is 10.7 Å². The maximum atomic E-state index is 10.6. The van der Waals surface area contributed by atoms with E-state index in [1.165, 1.54) is 0 Å². The van der Waals surface area contributed by atoms with E-state index in [2.05, 4.69) is 29.9 Å². The zero-order valence-electron chi connectivity index (χ0n) is 8.33. The second-order valence-electron chi connectivity index (χ2n) is 3.76. The molecule has 0 N–H and O–H groups in total. The van der Waals surface area contributed by atoms with Gasteiger partial charge in [0.15, 0.2) is 0 Å². The van der Waals surface area contributed by atoms with Crippen molar-refractivity contribution in [2.24, 2.45) is 5.92 Å². The zero-order valence-corrected chi connectivity index (χ0v) is 9.90. The highest BCUT2D eigenvalue weighted by atomic mass is 35.7. The Morgan fingerprint density at radius 3 is 2.57 bits per heavy atom. The van der Waals surface area contributed by atoms with Crippen LogP contribution in [0.4, 0.5) is 0 Å². The van der Waals surface area contributed by atoms with Crippen molar-refractivity contribution in [3.05, 3.63) is 0 Å². The minimum absolute atomic E-state index is 0.144. The van der Waals surface area contributed by atoms with E-state index in [9.17, 15) is 8.42 Å². The van der Waals surface area contributed by atoms with Gasteiger partial charge in [-0.15, -0.1) is 0 Å². The van der Waals surface area contributed by atoms with Gasteiger partial charge in [-0.2, -0.15) is 8.42 Å². The smallest absolute Gasteiger partial charge is 0.300 e. The molecule has 3 nitrogen and oxygen atoms in total. The monoisotopic (exact) mass is 235 g/mol. The SMILES string of the molecule is CC(C)N1CCC(C#CS(=O)(=O)Cl)C1. The van der Waals surface area contributed by atoms with Crippen molar-refractivity contribution in [2.75, 3.05) is 13.1 Å². The number of halogens is 1. The maximum absolute atomic E-state index is 10.6. The standard InChI is InChI=1S/C9H14ClNO2S/c1-8(2)11-5-3-9(7-11)4-6-14(10,12)13/h8-9H,3,5,7H2,1-2H3. The topological polar surface area (TPSA) is 37.4 Å². The summed E-state index contributed by atoms with van der Waals surface area (Å²) in [5, 5.41) is 2.08. The van der Waals surface area contributed by atoms with E-state index in [-0.39, 0.29) is 5.92 Å². The summed E-state index contributed by atoms with van der Waals surface area (Å²) in [5.74, 6) is 2.84. The first-order valence-corrected chi connectivity index (χ1v) is 6.90. The Labute approximate surface area is 89.8 Å². The van der Waals surface area contributed by atoms with E-state index >= 15 is 0 Å². The third-order valence-corrected chi connectivity index (χ3v) is 2.93. The zero-order chi connectivity index (χ0) is 10.8. The maximum Gasteiger partial charge on any atom is 0.300 e. The summed E-state index contributed by atoms with van der Waals surface area (Å²) in [6.45, 7) is 6.07. The lowest BCUT2D eigenvalue weighted by Crippen LogP contribution is -2.27. The van der Waals surface area contributed by atoms with Crippen LogP contribution in [-0.2, 0) is 9.05 Å². The van der Waals surface area contributed by atoms with E-state index in [1.54, 1.807) is 0 Å². The molecule has 0 amide bonds. The minimum atomic E-state index is -3.66. The van der Waals surface area contributed by atoms with Gasteiger partial charge >= 0.3 is 9.05 Å². The first kappa shape index (κ1) is 11.8. The van der Waals surface area contributed by atoms with Gasteiger partial charge in [-0.3, -0.25) is 4.90 Å². The van der Waals surface area contributed by atoms with Crippen LogP contribution in [-0.4, -0.2) is 32.4 Å². The van der Waals surface area contributed by atoms with Crippen LogP contribution in [0.1, 0.15) is 20.3 Å². The van der Waals surface area contributed by atoms with Crippen LogP contribution in [0.5, 0.6) is 0 Å². The number of likely N-dealkylation sites (tertiary alicyclic amines) is 1. The van der Waals surface area contributed by atoms with Gasteiger partial charge in [0.2, 0.25) is 0 Å². The predicted octanol–water partition coefficient (Wildman–Crippen LogP) is 1.25. The fourth-order valence-corrected chi connectivity index (χ4v) is 1.97. The molecule has 0 spiro atoms. The van der Waals surface area contributed by atoms with Gasteiger partial charge in [0.05, 0.1) is 0 Å². The van der Waals surface area contributed by atoms with Crippen LogP contribution in [0, 0.1) is 17.1 Å². The van der Waals surface area contributed by atoms with Gasteiger partial charge in [0, 0.05) is 34.4 Å². The van der Waals surface area contributed by atoms with Crippen molar-refractivity contribution >= 4 is 19.7 Å². The number of nitrogens with zero attached hydrogens (tertiary/aromatic N) is 1. The number of hydrogen-bond acceptors (Lipinski definition) is 3. The molecule has 1 rings (SSSR count). The predicted molar refractivity (Wildman–Crippen MR) is 57.4 cm³/mol. The lowest BCUT2D eigenvalue weighted by molar-refractivity contribution is 0.271. The normalized spacial score (nSPS) is 23.6. The fourth-order valence-electron chi connectivity index (χ4n) is 1.53. The summed E-state index contributed by atoms with van der Waals surface area (Å²) in [5.41, 5.74) is 0. The summed E-state index contributed by atoms with van der Waals surface area (Å²) >= 11 is 0. The summed E-state index contributed by atoms with van der Waals surface area (Å²) in [6.07, 6.45) is 0.928. The van der Waals surface area contributed by atoms with E-state index in [0.29, 0.717) is 6.04 Å². The lowest BCUT2D eigenvalue weighted by Gasteiger charge is -2.18. The third-order valence-electron chi connectivity index (χ3n) is 2.33. The summed E-state index contributed by atoms with van der Waals surface area (Å²) < 4.78 is 21.2. The number of hydrogen-bond donors (Lipinski definition) is 0. The van der Waals surface area contributed by atoms with Gasteiger partial charge in [-0.25, -0.2) is 0 Å². The second-order valence-corrected chi connectivity index (χ2v) is 6.06. The molecule has 1 aliphatic rings. The van der Waals surface area contributed by atoms with Crippen molar-refractivity contribution in [1.82, 2.24) is 4.90 Å². The molecule has 0 aliphatic carbocycles. The highest BCUT2D eigenvalue weighted by Crippen LogP contribution is 2.17. The van der Waals surface area contributed by atoms with Crippen LogP contribution in [0.25, 0.3) is 0 Å². The second kappa shape index (κ2) is 4.52. The van der Waals surface area contributed by atoms with Gasteiger partial charge in [0.1, 0.15) is 0 Å². The Morgan fingerprint density at radius 2 is 2.14 bits per heavy atom. The molecule has 0 aromatic rings. The average Bonchev–Trinajstić information content (AvgIpc) is 2.47. The van der Waals surface area contributed by atoms with Crippen LogP contribution in [0.2, 0.25) is 0 Å².